The number of likely N-dealkylation sites (tertiary alicyclic amines) is 1. The number of amides is 2. The second-order valence-electron chi connectivity index (χ2n) is 9.66. The summed E-state index contributed by atoms with van der Waals surface area (Å²) in [5.74, 6) is -3.57. The molecular formula is C27H33F3N6O6S. The van der Waals surface area contributed by atoms with Crippen LogP contribution in [0.2, 0.25) is 0 Å². The number of nitriles is 1. The molecule has 0 aliphatic carbocycles. The van der Waals surface area contributed by atoms with Gasteiger partial charge in [0.25, 0.3) is 0 Å². The lowest BCUT2D eigenvalue weighted by Crippen LogP contribution is -2.49. The topological polar surface area (TPSA) is 180 Å². The Morgan fingerprint density at radius 2 is 2.02 bits per heavy atom. The van der Waals surface area contributed by atoms with E-state index in [1.54, 1.807) is 30.7 Å². The van der Waals surface area contributed by atoms with E-state index in [0.29, 0.717) is 37.4 Å². The van der Waals surface area contributed by atoms with Gasteiger partial charge < -0.3 is 25.4 Å². The molecule has 1 aromatic heterocycles. The molecular weight excluding hydrogens is 593 g/mol. The van der Waals surface area contributed by atoms with Gasteiger partial charge in [-0.2, -0.15) is 30.2 Å². The minimum Gasteiger partial charge on any atom is -0.480 e. The zero-order valence-corrected chi connectivity index (χ0v) is 24.2. The van der Waals surface area contributed by atoms with Gasteiger partial charge in [0, 0.05) is 37.6 Å². The number of carboxylic acid groups (broad SMARTS) is 2. The average Bonchev–Trinajstić information content (AvgIpc) is 3.63. The van der Waals surface area contributed by atoms with E-state index >= 15 is 0 Å². The number of carbonyl (C=O) groups excluding carboxylic acids is 2. The van der Waals surface area contributed by atoms with E-state index in [1.165, 1.54) is 11.8 Å². The van der Waals surface area contributed by atoms with Crippen molar-refractivity contribution in [3.8, 4) is 6.07 Å². The van der Waals surface area contributed by atoms with E-state index in [0.717, 1.165) is 24.1 Å². The number of aromatic nitrogens is 2. The van der Waals surface area contributed by atoms with Gasteiger partial charge in [0.05, 0.1) is 30.9 Å². The zero-order chi connectivity index (χ0) is 32.0. The van der Waals surface area contributed by atoms with Crippen LogP contribution in [0.5, 0.6) is 0 Å². The largest absolute Gasteiger partial charge is 0.490 e. The standard InChI is InChI=1S/C25H32N6O4S.C2HF3O2/c1-36-9-7-22(25(34)35)29-23(32)16-30(14-19-5-2-4-18(10-19)12-26)15-21-6-3-8-31(21)24(33)11-20-13-27-17-28-20;3-2(4,5)1(6)7/h2,4-5,10,13,17,21-22H,3,6-9,11,14-16H2,1H3,(H,27,28)(H,29,32)(H,34,35);(H,6,7)/t21-,22-;/m0./s1. The second kappa shape index (κ2) is 17.1. The molecule has 0 radical (unpaired) electrons. The minimum absolute atomic E-state index is 0.000589. The summed E-state index contributed by atoms with van der Waals surface area (Å²) < 4.78 is 31.7. The van der Waals surface area contributed by atoms with Crippen LogP contribution < -0.4 is 5.32 Å². The molecule has 1 aliphatic heterocycles. The number of benzene rings is 1. The van der Waals surface area contributed by atoms with E-state index < -0.39 is 24.2 Å². The van der Waals surface area contributed by atoms with E-state index in [1.807, 2.05) is 22.1 Å². The second-order valence-corrected chi connectivity index (χ2v) is 10.6. The van der Waals surface area contributed by atoms with Gasteiger partial charge in [-0.15, -0.1) is 0 Å². The number of H-pyrrole nitrogens is 1. The van der Waals surface area contributed by atoms with Crippen molar-refractivity contribution < 1.29 is 42.6 Å². The number of carbonyl (C=O) groups is 4. The molecule has 2 aromatic rings. The third-order valence-electron chi connectivity index (χ3n) is 6.38. The van der Waals surface area contributed by atoms with E-state index in [-0.39, 0.29) is 30.8 Å². The molecule has 3 rings (SSSR count). The smallest absolute Gasteiger partial charge is 0.480 e. The molecule has 43 heavy (non-hydrogen) atoms. The number of nitrogens with zero attached hydrogens (tertiary/aromatic N) is 4. The molecule has 2 atom stereocenters. The van der Waals surface area contributed by atoms with Crippen LogP contribution >= 0.6 is 11.8 Å². The van der Waals surface area contributed by atoms with Crippen molar-refractivity contribution >= 4 is 35.5 Å². The predicted molar refractivity (Wildman–Crippen MR) is 150 cm³/mol. The summed E-state index contributed by atoms with van der Waals surface area (Å²) in [5, 5.41) is 28.5. The van der Waals surface area contributed by atoms with Crippen molar-refractivity contribution in [1.82, 2.24) is 25.1 Å². The Morgan fingerprint density at radius 3 is 2.60 bits per heavy atom. The SMILES string of the molecule is CSCC[C@H](NC(=O)CN(Cc1cccc(C#N)c1)C[C@@H]1CCCN1C(=O)Cc1cnc[nH]1)C(=O)O.O=C(O)C(F)(F)F. The predicted octanol–water partition coefficient (Wildman–Crippen LogP) is 2.27. The van der Waals surface area contributed by atoms with Crippen LogP contribution in [-0.4, -0.2) is 104 Å². The number of hydrogen-bond acceptors (Lipinski definition) is 8. The highest BCUT2D eigenvalue weighted by Gasteiger charge is 2.38. The molecule has 0 unspecified atom stereocenters. The van der Waals surface area contributed by atoms with Crippen molar-refractivity contribution in [3.05, 3.63) is 53.6 Å². The van der Waals surface area contributed by atoms with Crippen LogP contribution in [0.25, 0.3) is 0 Å². The Bertz CT molecular complexity index is 1270. The summed E-state index contributed by atoms with van der Waals surface area (Å²) in [6, 6.07) is 8.29. The van der Waals surface area contributed by atoms with Crippen molar-refractivity contribution in [2.24, 2.45) is 0 Å². The lowest BCUT2D eigenvalue weighted by atomic mass is 10.1. The van der Waals surface area contributed by atoms with Gasteiger partial charge in [0.1, 0.15) is 6.04 Å². The number of alkyl halides is 3. The number of imidazole rings is 1. The van der Waals surface area contributed by atoms with Crippen molar-refractivity contribution in [1.29, 1.82) is 5.26 Å². The lowest BCUT2D eigenvalue weighted by Gasteiger charge is -2.31. The first-order valence-electron chi connectivity index (χ1n) is 13.1. The number of thioether (sulfide) groups is 1. The molecule has 2 amide bonds. The number of carboxylic acids is 2. The van der Waals surface area contributed by atoms with Crippen LogP contribution in [0.3, 0.4) is 0 Å². The van der Waals surface area contributed by atoms with Crippen LogP contribution in [-0.2, 0) is 32.1 Å². The fourth-order valence-electron chi connectivity index (χ4n) is 4.42. The van der Waals surface area contributed by atoms with Crippen molar-refractivity contribution in [2.75, 3.05) is 31.6 Å². The van der Waals surface area contributed by atoms with E-state index in [4.69, 9.17) is 9.90 Å². The average molecular weight is 627 g/mol. The Balaban J connectivity index is 0.000000821. The molecule has 0 saturated carbocycles. The molecule has 16 heteroatoms. The third-order valence-corrected chi connectivity index (χ3v) is 7.02. The number of hydrogen-bond donors (Lipinski definition) is 4. The monoisotopic (exact) mass is 626 g/mol. The fourth-order valence-corrected chi connectivity index (χ4v) is 4.89. The first kappa shape index (κ1) is 35.1. The Kier molecular flexibility index (Phi) is 14.0. The lowest BCUT2D eigenvalue weighted by molar-refractivity contribution is -0.192. The van der Waals surface area contributed by atoms with Crippen LogP contribution in [0.4, 0.5) is 13.2 Å². The first-order valence-corrected chi connectivity index (χ1v) is 14.5. The molecule has 1 aliphatic rings. The molecule has 0 bridgehead atoms. The molecule has 1 aromatic carbocycles. The van der Waals surface area contributed by atoms with Crippen LogP contribution in [0, 0.1) is 11.3 Å². The van der Waals surface area contributed by atoms with Gasteiger partial charge >= 0.3 is 18.1 Å². The third kappa shape index (κ3) is 12.3. The summed E-state index contributed by atoms with van der Waals surface area (Å²) >= 11 is 1.52. The highest BCUT2D eigenvalue weighted by Crippen LogP contribution is 2.21. The first-order chi connectivity index (χ1) is 20.3. The Labute approximate surface area is 250 Å². The summed E-state index contributed by atoms with van der Waals surface area (Å²) in [6.45, 7) is 1.49. The maximum Gasteiger partial charge on any atom is 0.490 e. The van der Waals surface area contributed by atoms with Gasteiger partial charge in [-0.05, 0) is 49.0 Å². The Hall–Kier alpha value is -4.10. The zero-order valence-electron chi connectivity index (χ0n) is 23.3. The van der Waals surface area contributed by atoms with Gasteiger partial charge in [-0.3, -0.25) is 14.5 Å². The van der Waals surface area contributed by atoms with Crippen molar-refractivity contribution in [2.45, 2.75) is 50.5 Å². The quantitative estimate of drug-likeness (QED) is 0.258. The highest BCUT2D eigenvalue weighted by atomic mass is 32.2. The molecule has 1 fully saturated rings. The maximum atomic E-state index is 13.0. The van der Waals surface area contributed by atoms with Gasteiger partial charge in [0.15, 0.2) is 0 Å². The van der Waals surface area contributed by atoms with Gasteiger partial charge in [0.2, 0.25) is 11.8 Å². The summed E-state index contributed by atoms with van der Waals surface area (Å²) in [4.78, 5) is 57.0. The number of aromatic amines is 1. The van der Waals surface area contributed by atoms with Gasteiger partial charge in [-0.25, -0.2) is 14.6 Å². The number of aliphatic carboxylic acids is 2. The summed E-state index contributed by atoms with van der Waals surface area (Å²) in [6.07, 6.45) is 2.25. The fraction of sp³-hybridized carbons (Fsp3) is 0.481. The molecule has 12 nitrogen and oxygen atoms in total. The Morgan fingerprint density at radius 1 is 1.30 bits per heavy atom. The van der Waals surface area contributed by atoms with Crippen molar-refractivity contribution in [3.63, 3.8) is 0 Å². The number of rotatable bonds is 13. The molecule has 0 spiro atoms. The molecule has 2 heterocycles. The van der Waals surface area contributed by atoms with Gasteiger partial charge in [-0.1, -0.05) is 12.1 Å². The van der Waals surface area contributed by atoms with Crippen LogP contribution in [0.15, 0.2) is 36.8 Å². The normalized spacial score (nSPS) is 15.3. The van der Waals surface area contributed by atoms with E-state index in [9.17, 15) is 37.9 Å². The highest BCUT2D eigenvalue weighted by molar-refractivity contribution is 7.98. The molecule has 1 saturated heterocycles. The summed E-state index contributed by atoms with van der Waals surface area (Å²) in [7, 11) is 0. The maximum absolute atomic E-state index is 13.0. The molecule has 234 valence electrons. The van der Waals surface area contributed by atoms with E-state index in [2.05, 4.69) is 21.4 Å². The number of halogens is 3. The number of nitrogens with one attached hydrogen (secondary N) is 2. The minimum atomic E-state index is -5.08. The molecule has 4 N–H and O–H groups in total. The van der Waals surface area contributed by atoms with Crippen LogP contribution in [0.1, 0.15) is 36.1 Å². The summed E-state index contributed by atoms with van der Waals surface area (Å²) in [5.41, 5.74) is 2.14.